The van der Waals surface area contributed by atoms with Gasteiger partial charge < -0.3 is 20.5 Å². The van der Waals surface area contributed by atoms with Crippen molar-refractivity contribution in [1.82, 2.24) is 4.72 Å². The summed E-state index contributed by atoms with van der Waals surface area (Å²) < 4.78 is 34.0. The van der Waals surface area contributed by atoms with Gasteiger partial charge in [0.1, 0.15) is 12.2 Å². The van der Waals surface area contributed by atoms with E-state index in [-0.39, 0.29) is 22.7 Å². The number of para-hydroxylation sites is 1. The highest BCUT2D eigenvalue weighted by Crippen LogP contribution is 2.31. The van der Waals surface area contributed by atoms with Crippen molar-refractivity contribution in [3.8, 4) is 5.75 Å². The molecule has 1 heterocycles. The first kappa shape index (κ1) is 22.2. The van der Waals surface area contributed by atoms with Crippen LogP contribution in [0.4, 0.5) is 11.4 Å². The lowest BCUT2D eigenvalue weighted by Gasteiger charge is -2.21. The van der Waals surface area contributed by atoms with E-state index in [1.165, 1.54) is 18.2 Å². The molecule has 0 radical (unpaired) electrons. The van der Waals surface area contributed by atoms with Crippen LogP contribution in [0.2, 0.25) is 0 Å². The van der Waals surface area contributed by atoms with Crippen molar-refractivity contribution < 1.29 is 32.6 Å². The van der Waals surface area contributed by atoms with Crippen LogP contribution in [-0.4, -0.2) is 37.9 Å². The third-order valence-electron chi connectivity index (χ3n) is 4.44. The molecule has 0 bridgehead atoms. The Balaban J connectivity index is 1.96. The van der Waals surface area contributed by atoms with Crippen LogP contribution in [0.15, 0.2) is 47.4 Å². The lowest BCUT2D eigenvalue weighted by Crippen LogP contribution is -2.30. The molecule has 1 atom stereocenters. The predicted octanol–water partition coefficient (Wildman–Crippen LogP) is 1.86. The third-order valence-corrected chi connectivity index (χ3v) is 5.91. The lowest BCUT2D eigenvalue weighted by atomic mass is 10.0. The molecule has 164 valence electrons. The molecule has 31 heavy (non-hydrogen) atoms. The van der Waals surface area contributed by atoms with Crippen LogP contribution in [0.1, 0.15) is 31.4 Å². The molecule has 4 N–H and O–H groups in total. The number of ether oxygens (including phenoxy) is 1. The van der Waals surface area contributed by atoms with E-state index in [1.54, 1.807) is 31.2 Å². The molecule has 3 rings (SSSR count). The summed E-state index contributed by atoms with van der Waals surface area (Å²) in [6, 6.07) is 9.28. The Bertz CT molecular complexity index is 1130. The summed E-state index contributed by atoms with van der Waals surface area (Å²) in [7, 11) is -4.19. The standard InChI is InChI=1S/C20H21N3O7S/c1-2-30-17-6-4-3-5-13(17)15(10-20(26)27)23-31(28,29)12-7-8-14-16(9-12)22-19(25)11-18(24)21-14/h3-9,15,23H,2,10-11H2,1H3,(H,21,24)(H,22,25)(H,26,27). The van der Waals surface area contributed by atoms with Gasteiger partial charge in [-0.05, 0) is 31.2 Å². The van der Waals surface area contributed by atoms with Gasteiger partial charge in [-0.3, -0.25) is 14.4 Å². The number of aliphatic carboxylic acids is 1. The fourth-order valence-corrected chi connectivity index (χ4v) is 4.38. The first-order chi connectivity index (χ1) is 14.7. The van der Waals surface area contributed by atoms with Gasteiger partial charge in [0.15, 0.2) is 0 Å². The minimum atomic E-state index is -4.19. The average molecular weight is 447 g/mol. The summed E-state index contributed by atoms with van der Waals surface area (Å²) in [5, 5.41) is 14.3. The number of benzene rings is 2. The van der Waals surface area contributed by atoms with Gasteiger partial charge in [0, 0.05) is 5.56 Å². The molecule has 1 aliphatic rings. The van der Waals surface area contributed by atoms with Crippen LogP contribution in [0.25, 0.3) is 0 Å². The molecule has 2 aromatic rings. The molecule has 0 aliphatic carbocycles. The smallest absolute Gasteiger partial charge is 0.305 e. The van der Waals surface area contributed by atoms with Gasteiger partial charge in [0.05, 0.1) is 35.3 Å². The Hall–Kier alpha value is -3.44. The van der Waals surface area contributed by atoms with Crippen molar-refractivity contribution in [2.45, 2.75) is 30.7 Å². The molecule has 10 nitrogen and oxygen atoms in total. The zero-order chi connectivity index (χ0) is 22.6. The Labute approximate surface area is 178 Å². The maximum Gasteiger partial charge on any atom is 0.305 e. The number of rotatable bonds is 8. The molecule has 0 fully saturated rings. The largest absolute Gasteiger partial charge is 0.494 e. The van der Waals surface area contributed by atoms with Crippen LogP contribution < -0.4 is 20.1 Å². The predicted molar refractivity (Wildman–Crippen MR) is 111 cm³/mol. The van der Waals surface area contributed by atoms with E-state index in [0.29, 0.717) is 17.9 Å². The topological polar surface area (TPSA) is 151 Å². The molecule has 11 heteroatoms. The fraction of sp³-hybridized carbons (Fsp3) is 0.250. The maximum atomic E-state index is 13.0. The molecule has 0 saturated carbocycles. The Kier molecular flexibility index (Phi) is 6.56. The summed E-state index contributed by atoms with van der Waals surface area (Å²) in [6.07, 6.45) is -0.898. The normalized spacial score (nSPS) is 14.6. The van der Waals surface area contributed by atoms with Crippen LogP contribution in [0.5, 0.6) is 5.75 Å². The monoisotopic (exact) mass is 447 g/mol. The summed E-state index contributed by atoms with van der Waals surface area (Å²) in [5.74, 6) is -1.92. The van der Waals surface area contributed by atoms with Gasteiger partial charge in [-0.25, -0.2) is 13.1 Å². The second-order valence-electron chi connectivity index (χ2n) is 6.72. The average Bonchev–Trinajstić information content (AvgIpc) is 2.83. The number of hydrogen-bond acceptors (Lipinski definition) is 6. The van der Waals surface area contributed by atoms with Crippen molar-refractivity contribution in [3.63, 3.8) is 0 Å². The van der Waals surface area contributed by atoms with Gasteiger partial charge >= 0.3 is 5.97 Å². The quantitative estimate of drug-likeness (QED) is 0.451. The highest BCUT2D eigenvalue weighted by molar-refractivity contribution is 7.89. The van der Waals surface area contributed by atoms with Gasteiger partial charge in [0.2, 0.25) is 21.8 Å². The van der Waals surface area contributed by atoms with E-state index in [4.69, 9.17) is 4.74 Å². The van der Waals surface area contributed by atoms with Crippen LogP contribution >= 0.6 is 0 Å². The number of carboxylic acids is 1. The van der Waals surface area contributed by atoms with Crippen LogP contribution in [0, 0.1) is 0 Å². The Morgan fingerprint density at radius 3 is 2.48 bits per heavy atom. The number of carbonyl (C=O) groups is 3. The number of nitrogens with one attached hydrogen (secondary N) is 3. The first-order valence-corrected chi connectivity index (χ1v) is 10.9. The summed E-state index contributed by atoms with van der Waals surface area (Å²) in [4.78, 5) is 34.6. The lowest BCUT2D eigenvalue weighted by molar-refractivity contribution is -0.137. The molecule has 0 spiro atoms. The second-order valence-corrected chi connectivity index (χ2v) is 8.44. The second kappa shape index (κ2) is 9.14. The molecular formula is C20H21N3O7S. The Morgan fingerprint density at radius 1 is 1.13 bits per heavy atom. The van der Waals surface area contributed by atoms with Gasteiger partial charge in [-0.1, -0.05) is 18.2 Å². The van der Waals surface area contributed by atoms with E-state index in [9.17, 15) is 27.9 Å². The number of hydrogen-bond donors (Lipinski definition) is 4. The molecule has 2 amide bonds. The first-order valence-electron chi connectivity index (χ1n) is 9.39. The van der Waals surface area contributed by atoms with E-state index in [0.717, 1.165) is 0 Å². The molecule has 0 saturated heterocycles. The van der Waals surface area contributed by atoms with Crippen molar-refractivity contribution in [3.05, 3.63) is 48.0 Å². The summed E-state index contributed by atoms with van der Waals surface area (Å²) >= 11 is 0. The van der Waals surface area contributed by atoms with Crippen molar-refractivity contribution >= 4 is 39.2 Å². The van der Waals surface area contributed by atoms with E-state index < -0.39 is 40.3 Å². The SMILES string of the molecule is CCOc1ccccc1C(CC(=O)O)NS(=O)(=O)c1ccc2c(c1)NC(=O)CC(=O)N2. The minimum absolute atomic E-state index is 0.128. The molecule has 0 aromatic heterocycles. The van der Waals surface area contributed by atoms with Crippen LogP contribution in [0.3, 0.4) is 0 Å². The van der Waals surface area contributed by atoms with Gasteiger partial charge in [-0.2, -0.15) is 0 Å². The summed E-state index contributed by atoms with van der Waals surface area (Å²) in [6.45, 7) is 2.08. The zero-order valence-corrected chi connectivity index (χ0v) is 17.4. The van der Waals surface area contributed by atoms with Crippen molar-refractivity contribution in [2.75, 3.05) is 17.2 Å². The fourth-order valence-electron chi connectivity index (χ4n) is 3.14. The highest BCUT2D eigenvalue weighted by atomic mass is 32.2. The molecule has 2 aromatic carbocycles. The number of carboxylic acid groups (broad SMARTS) is 1. The highest BCUT2D eigenvalue weighted by Gasteiger charge is 2.27. The van der Waals surface area contributed by atoms with Crippen molar-refractivity contribution in [2.24, 2.45) is 0 Å². The zero-order valence-electron chi connectivity index (χ0n) is 16.5. The minimum Gasteiger partial charge on any atom is -0.494 e. The number of sulfonamides is 1. The number of fused-ring (bicyclic) bond motifs is 1. The van der Waals surface area contributed by atoms with Gasteiger partial charge in [0.25, 0.3) is 0 Å². The molecular weight excluding hydrogens is 426 g/mol. The van der Waals surface area contributed by atoms with E-state index in [2.05, 4.69) is 15.4 Å². The summed E-state index contributed by atoms with van der Waals surface area (Å²) in [5.41, 5.74) is 0.771. The number of anilines is 2. The number of amides is 2. The van der Waals surface area contributed by atoms with Crippen LogP contribution in [-0.2, 0) is 24.4 Å². The number of carbonyl (C=O) groups excluding carboxylic acids is 2. The Morgan fingerprint density at radius 2 is 1.81 bits per heavy atom. The van der Waals surface area contributed by atoms with E-state index in [1.807, 2.05) is 0 Å². The third kappa shape index (κ3) is 5.38. The maximum absolute atomic E-state index is 13.0. The van der Waals surface area contributed by atoms with E-state index >= 15 is 0 Å². The van der Waals surface area contributed by atoms with Crippen molar-refractivity contribution in [1.29, 1.82) is 0 Å². The molecule has 1 unspecified atom stereocenters. The molecule has 1 aliphatic heterocycles. The van der Waals surface area contributed by atoms with Gasteiger partial charge in [-0.15, -0.1) is 0 Å².